The van der Waals surface area contributed by atoms with E-state index in [0.29, 0.717) is 23.7 Å². The van der Waals surface area contributed by atoms with E-state index in [-0.39, 0.29) is 5.91 Å². The van der Waals surface area contributed by atoms with Crippen LogP contribution in [0.15, 0.2) is 29.6 Å². The van der Waals surface area contributed by atoms with Gasteiger partial charge in [0.25, 0.3) is 0 Å². The number of anilines is 1. The molecule has 29 heavy (non-hydrogen) atoms. The van der Waals surface area contributed by atoms with Gasteiger partial charge in [-0.3, -0.25) is 4.79 Å². The number of hydrogen-bond donors (Lipinski definition) is 3. The molecule has 0 fully saturated rings. The van der Waals surface area contributed by atoms with Crippen LogP contribution in [0.25, 0.3) is 0 Å². The highest BCUT2D eigenvalue weighted by molar-refractivity contribution is 7.13. The second-order valence-corrected chi connectivity index (χ2v) is 7.97. The Balaban J connectivity index is 1.82. The van der Waals surface area contributed by atoms with E-state index in [1.807, 2.05) is 11.4 Å². The van der Waals surface area contributed by atoms with Crippen molar-refractivity contribution in [1.29, 1.82) is 0 Å². The van der Waals surface area contributed by atoms with E-state index in [1.54, 1.807) is 39.0 Å². The average Bonchev–Trinajstić information content (AvgIpc) is 3.04. The molecule has 0 radical (unpaired) electrons. The Morgan fingerprint density at radius 2 is 1.83 bits per heavy atom. The average molecular weight is 420 g/mol. The van der Waals surface area contributed by atoms with Gasteiger partial charge in [-0.05, 0) is 51.3 Å². The molecule has 1 heterocycles. The molecule has 0 saturated carbocycles. The van der Waals surface area contributed by atoms with Crippen molar-refractivity contribution < 1.29 is 23.9 Å². The summed E-state index contributed by atoms with van der Waals surface area (Å²) in [7, 11) is 0. The van der Waals surface area contributed by atoms with E-state index in [4.69, 9.17) is 9.47 Å². The van der Waals surface area contributed by atoms with E-state index >= 15 is 0 Å². The number of aromatic nitrogens is 1. The third-order valence-corrected chi connectivity index (χ3v) is 4.09. The fourth-order valence-corrected chi connectivity index (χ4v) is 3.00. The Bertz CT molecular complexity index is 875. The molecule has 3 N–H and O–H groups in total. The van der Waals surface area contributed by atoms with Gasteiger partial charge in [0.1, 0.15) is 11.4 Å². The van der Waals surface area contributed by atoms with Gasteiger partial charge in [-0.2, -0.15) is 0 Å². The smallest absolute Gasteiger partial charge is 0.431 e. The molecule has 0 bridgehead atoms. The topological polar surface area (TPSA) is 119 Å². The highest BCUT2D eigenvalue weighted by Crippen LogP contribution is 2.19. The fraction of sp³-hybridized carbons (Fsp3) is 0.368. The molecule has 1 aromatic heterocycles. The number of carbonyl (C=O) groups is 3. The number of nitrogens with one attached hydrogen (secondary N) is 3. The zero-order chi connectivity index (χ0) is 21.4. The molecule has 0 saturated heterocycles. The van der Waals surface area contributed by atoms with Crippen LogP contribution in [0.5, 0.6) is 5.75 Å². The van der Waals surface area contributed by atoms with Gasteiger partial charge in [-0.15, -0.1) is 11.3 Å². The van der Waals surface area contributed by atoms with Crippen molar-refractivity contribution in [2.45, 2.75) is 46.1 Å². The lowest BCUT2D eigenvalue weighted by Gasteiger charge is -2.19. The summed E-state index contributed by atoms with van der Waals surface area (Å²) in [5, 5.41) is 5.11. The third-order valence-electron chi connectivity index (χ3n) is 3.28. The van der Waals surface area contributed by atoms with E-state index in [9.17, 15) is 14.4 Å². The predicted octanol–water partition coefficient (Wildman–Crippen LogP) is 3.41. The van der Waals surface area contributed by atoms with Gasteiger partial charge in [0.15, 0.2) is 5.13 Å². The number of aryl methyl sites for hydroxylation is 2. The van der Waals surface area contributed by atoms with Crippen molar-refractivity contribution in [3.8, 4) is 5.75 Å². The summed E-state index contributed by atoms with van der Waals surface area (Å²) >= 11 is 1.37. The lowest BCUT2D eigenvalue weighted by atomic mass is 10.1. The summed E-state index contributed by atoms with van der Waals surface area (Å²) < 4.78 is 10.2. The van der Waals surface area contributed by atoms with Gasteiger partial charge in [0.2, 0.25) is 5.91 Å². The molecule has 3 amide bonds. The zero-order valence-electron chi connectivity index (χ0n) is 16.7. The largest absolute Gasteiger partial charge is 0.443 e. The van der Waals surface area contributed by atoms with Crippen molar-refractivity contribution >= 4 is 34.6 Å². The number of benzene rings is 1. The second kappa shape index (κ2) is 9.87. The van der Waals surface area contributed by atoms with Gasteiger partial charge in [0.05, 0.1) is 5.69 Å². The molecule has 0 aliphatic rings. The monoisotopic (exact) mass is 420 g/mol. The first kappa shape index (κ1) is 22.2. The molecule has 1 aromatic carbocycles. The van der Waals surface area contributed by atoms with Gasteiger partial charge in [0, 0.05) is 12.3 Å². The van der Waals surface area contributed by atoms with Crippen LogP contribution in [0.2, 0.25) is 0 Å². The lowest BCUT2D eigenvalue weighted by molar-refractivity contribution is -0.114. The highest BCUT2D eigenvalue weighted by Gasteiger charge is 2.16. The number of rotatable bonds is 5. The first-order chi connectivity index (χ1) is 13.6. The van der Waals surface area contributed by atoms with Crippen molar-refractivity contribution in [2.75, 3.05) is 5.32 Å². The van der Waals surface area contributed by atoms with Gasteiger partial charge >= 0.3 is 12.2 Å². The molecule has 10 heteroatoms. The molecule has 0 aliphatic carbocycles. The van der Waals surface area contributed by atoms with Gasteiger partial charge in [-0.1, -0.05) is 12.1 Å². The van der Waals surface area contributed by atoms with Crippen molar-refractivity contribution in [3.63, 3.8) is 0 Å². The maximum atomic E-state index is 11.8. The molecule has 156 valence electrons. The van der Waals surface area contributed by atoms with Crippen LogP contribution in [0.4, 0.5) is 14.7 Å². The summed E-state index contributed by atoms with van der Waals surface area (Å²) in [5.74, 6) is 0.179. The number of hydrogen-bond acceptors (Lipinski definition) is 7. The zero-order valence-corrected chi connectivity index (χ0v) is 17.5. The Morgan fingerprint density at radius 1 is 1.10 bits per heavy atom. The number of ether oxygens (including phenoxy) is 2. The summed E-state index contributed by atoms with van der Waals surface area (Å²) in [6.07, 6.45) is -0.276. The SMILES string of the molecule is CC(=O)Nc1nc(CCc2cccc(OC(=O)NNC(=O)OC(C)(C)C)c2)cs1. The third kappa shape index (κ3) is 8.60. The van der Waals surface area contributed by atoms with Crippen LogP contribution in [-0.2, 0) is 22.4 Å². The number of nitrogens with zero attached hydrogens (tertiary/aromatic N) is 1. The van der Waals surface area contributed by atoms with Gasteiger partial charge in [-0.25, -0.2) is 25.4 Å². The van der Waals surface area contributed by atoms with E-state index < -0.39 is 17.8 Å². The standard InChI is InChI=1S/C19H24N4O5S/c1-12(24)20-16-21-14(11-29-16)9-8-13-6-5-7-15(10-13)27-17(25)22-23-18(26)28-19(2,3)4/h5-7,10-11H,8-9H2,1-4H3,(H,22,25)(H,23,26)(H,20,21,24). The van der Waals surface area contributed by atoms with Crippen LogP contribution >= 0.6 is 11.3 Å². The minimum absolute atomic E-state index is 0.157. The normalized spacial score (nSPS) is 10.8. The number of amides is 3. The molecular formula is C19H24N4O5S. The summed E-state index contributed by atoms with van der Waals surface area (Å²) in [6.45, 7) is 6.57. The maximum Gasteiger partial charge on any atom is 0.431 e. The summed E-state index contributed by atoms with van der Waals surface area (Å²) in [5.41, 5.74) is 5.37. The summed E-state index contributed by atoms with van der Waals surface area (Å²) in [6, 6.07) is 7.04. The molecule has 9 nitrogen and oxygen atoms in total. The van der Waals surface area contributed by atoms with E-state index in [0.717, 1.165) is 11.3 Å². The Morgan fingerprint density at radius 3 is 2.52 bits per heavy atom. The van der Waals surface area contributed by atoms with E-state index in [1.165, 1.54) is 18.3 Å². The minimum atomic E-state index is -0.840. The van der Waals surface area contributed by atoms with Crippen LogP contribution in [0, 0.1) is 0 Å². The molecule has 0 unspecified atom stereocenters. The molecule has 2 aromatic rings. The fourth-order valence-electron chi connectivity index (χ4n) is 2.20. The maximum absolute atomic E-state index is 11.8. The van der Waals surface area contributed by atoms with E-state index in [2.05, 4.69) is 21.2 Å². The predicted molar refractivity (Wildman–Crippen MR) is 109 cm³/mol. The highest BCUT2D eigenvalue weighted by atomic mass is 32.1. The molecule has 0 aliphatic heterocycles. The molecule has 2 rings (SSSR count). The number of hydrazine groups is 1. The van der Waals surface area contributed by atoms with Crippen LogP contribution < -0.4 is 20.9 Å². The molecule has 0 atom stereocenters. The van der Waals surface area contributed by atoms with Crippen molar-refractivity contribution in [3.05, 3.63) is 40.9 Å². The first-order valence-corrected chi connectivity index (χ1v) is 9.76. The van der Waals surface area contributed by atoms with Crippen LogP contribution in [0.3, 0.4) is 0 Å². The van der Waals surface area contributed by atoms with Crippen LogP contribution in [0.1, 0.15) is 39.0 Å². The summed E-state index contributed by atoms with van der Waals surface area (Å²) in [4.78, 5) is 38.7. The minimum Gasteiger partial charge on any atom is -0.443 e. The van der Waals surface area contributed by atoms with Crippen molar-refractivity contribution in [2.24, 2.45) is 0 Å². The van der Waals surface area contributed by atoms with Crippen LogP contribution in [-0.4, -0.2) is 28.7 Å². The van der Waals surface area contributed by atoms with Gasteiger partial charge < -0.3 is 14.8 Å². The Labute approximate surface area is 172 Å². The Hall–Kier alpha value is -3.14. The number of thiazole rings is 1. The molecule has 0 spiro atoms. The first-order valence-electron chi connectivity index (χ1n) is 8.88. The Kier molecular flexibility index (Phi) is 7.54. The lowest BCUT2D eigenvalue weighted by Crippen LogP contribution is -2.45. The quantitative estimate of drug-likeness (QED) is 0.638. The molecular weight excluding hydrogens is 396 g/mol. The van der Waals surface area contributed by atoms with Crippen molar-refractivity contribution in [1.82, 2.24) is 15.8 Å². The second-order valence-electron chi connectivity index (χ2n) is 7.11. The number of carbonyl (C=O) groups excluding carboxylic acids is 3.